The van der Waals surface area contributed by atoms with E-state index in [9.17, 15) is 4.39 Å². The molecule has 1 aromatic heterocycles. The second-order valence-electron chi connectivity index (χ2n) is 3.93. The molecule has 0 amide bonds. The summed E-state index contributed by atoms with van der Waals surface area (Å²) in [6.07, 6.45) is 2.11. The van der Waals surface area contributed by atoms with Gasteiger partial charge in [0, 0.05) is 18.1 Å². The van der Waals surface area contributed by atoms with Crippen LogP contribution in [0.2, 0.25) is 0 Å². The van der Waals surface area contributed by atoms with Gasteiger partial charge in [-0.2, -0.15) is 0 Å². The molecule has 2 N–H and O–H groups in total. The van der Waals surface area contributed by atoms with Gasteiger partial charge in [0.25, 0.3) is 0 Å². The van der Waals surface area contributed by atoms with E-state index in [2.05, 4.69) is 4.98 Å². The molecule has 1 heterocycles. The van der Waals surface area contributed by atoms with E-state index < -0.39 is 5.67 Å². The lowest BCUT2D eigenvalue weighted by molar-refractivity contribution is 0.169. The number of rotatable bonds is 3. The largest absolute Gasteiger partial charge is 0.327 e. The second-order valence-corrected chi connectivity index (χ2v) is 3.93. The fourth-order valence-corrected chi connectivity index (χ4v) is 1.82. The highest BCUT2D eigenvalue weighted by molar-refractivity contribution is 5.79. The zero-order chi connectivity index (χ0) is 11.6. The Morgan fingerprint density at radius 2 is 2.19 bits per heavy atom. The van der Waals surface area contributed by atoms with Crippen LogP contribution in [-0.2, 0) is 5.67 Å². The Morgan fingerprint density at radius 1 is 1.38 bits per heavy atom. The topological polar surface area (TPSA) is 38.9 Å². The number of alkyl halides is 1. The Hall–Kier alpha value is -1.48. The lowest BCUT2D eigenvalue weighted by atomic mass is 9.92. The first kappa shape index (κ1) is 11.0. The van der Waals surface area contributed by atoms with Crippen molar-refractivity contribution in [1.29, 1.82) is 0 Å². The summed E-state index contributed by atoms with van der Waals surface area (Å²) in [6.45, 7) is 1.82. The average Bonchev–Trinajstić information content (AvgIpc) is 2.37. The highest BCUT2D eigenvalue weighted by Crippen LogP contribution is 2.30. The Balaban J connectivity index is 2.54. The SMILES string of the molecule is CCC(F)(CN)c1ccc2ncccc2c1. The lowest BCUT2D eigenvalue weighted by Gasteiger charge is -2.22. The Bertz CT molecular complexity index is 492. The summed E-state index contributed by atoms with van der Waals surface area (Å²) in [5.74, 6) is 0. The molecule has 2 nitrogen and oxygen atoms in total. The molecule has 2 rings (SSSR count). The summed E-state index contributed by atoms with van der Waals surface area (Å²) >= 11 is 0. The van der Waals surface area contributed by atoms with Crippen LogP contribution >= 0.6 is 0 Å². The maximum absolute atomic E-state index is 14.4. The van der Waals surface area contributed by atoms with Crippen LogP contribution in [0.5, 0.6) is 0 Å². The molecule has 0 fully saturated rings. The van der Waals surface area contributed by atoms with Crippen molar-refractivity contribution in [2.24, 2.45) is 5.73 Å². The van der Waals surface area contributed by atoms with E-state index >= 15 is 0 Å². The first-order valence-corrected chi connectivity index (χ1v) is 5.44. The summed E-state index contributed by atoms with van der Waals surface area (Å²) in [7, 11) is 0. The first-order chi connectivity index (χ1) is 7.69. The van der Waals surface area contributed by atoms with E-state index in [0.29, 0.717) is 12.0 Å². The minimum absolute atomic E-state index is 0.00920. The maximum atomic E-state index is 14.4. The van der Waals surface area contributed by atoms with Gasteiger partial charge in [-0.25, -0.2) is 4.39 Å². The molecule has 0 aliphatic heterocycles. The van der Waals surface area contributed by atoms with Crippen molar-refractivity contribution in [2.45, 2.75) is 19.0 Å². The minimum Gasteiger partial charge on any atom is -0.327 e. The van der Waals surface area contributed by atoms with E-state index in [1.807, 2.05) is 24.3 Å². The van der Waals surface area contributed by atoms with Crippen LogP contribution in [0.1, 0.15) is 18.9 Å². The fourth-order valence-electron chi connectivity index (χ4n) is 1.82. The molecule has 2 aromatic rings. The van der Waals surface area contributed by atoms with Gasteiger partial charge < -0.3 is 5.73 Å². The van der Waals surface area contributed by atoms with Crippen LogP contribution in [0.4, 0.5) is 4.39 Å². The number of hydrogen-bond donors (Lipinski definition) is 1. The molecule has 0 aliphatic rings. The lowest BCUT2D eigenvalue weighted by Crippen LogP contribution is -2.29. The summed E-state index contributed by atoms with van der Waals surface area (Å²) in [5, 5.41) is 0.948. The summed E-state index contributed by atoms with van der Waals surface area (Å²) < 4.78 is 14.4. The first-order valence-electron chi connectivity index (χ1n) is 5.44. The quantitative estimate of drug-likeness (QED) is 0.860. The zero-order valence-electron chi connectivity index (χ0n) is 9.28. The molecule has 1 aromatic carbocycles. The van der Waals surface area contributed by atoms with Crippen molar-refractivity contribution >= 4 is 10.9 Å². The van der Waals surface area contributed by atoms with E-state index in [1.54, 1.807) is 19.2 Å². The molecule has 0 saturated carbocycles. The molecule has 1 atom stereocenters. The van der Waals surface area contributed by atoms with Crippen molar-refractivity contribution in [3.05, 3.63) is 42.1 Å². The number of nitrogens with two attached hydrogens (primary N) is 1. The Morgan fingerprint density at radius 3 is 2.88 bits per heavy atom. The standard InChI is InChI=1S/C13H15FN2/c1-2-13(14,9-15)11-5-6-12-10(8-11)4-3-7-16-12/h3-8H,2,9,15H2,1H3. The van der Waals surface area contributed by atoms with E-state index in [4.69, 9.17) is 5.73 Å². The molecule has 16 heavy (non-hydrogen) atoms. The second kappa shape index (κ2) is 4.18. The summed E-state index contributed by atoms with van der Waals surface area (Å²) in [4.78, 5) is 4.20. The predicted molar refractivity (Wildman–Crippen MR) is 63.9 cm³/mol. The predicted octanol–water partition coefficient (Wildman–Crippen LogP) is 2.77. The van der Waals surface area contributed by atoms with Gasteiger partial charge in [0.1, 0.15) is 5.67 Å². The number of aromatic nitrogens is 1. The number of nitrogens with zero attached hydrogens (tertiary/aromatic N) is 1. The number of hydrogen-bond acceptors (Lipinski definition) is 2. The molecular weight excluding hydrogens is 203 g/mol. The van der Waals surface area contributed by atoms with Crippen molar-refractivity contribution in [3.63, 3.8) is 0 Å². The molecule has 0 radical (unpaired) electrons. The van der Waals surface area contributed by atoms with Gasteiger partial charge in [0.15, 0.2) is 0 Å². The molecule has 0 saturated heterocycles. The van der Waals surface area contributed by atoms with Gasteiger partial charge in [-0.15, -0.1) is 0 Å². The van der Waals surface area contributed by atoms with Gasteiger partial charge in [0.05, 0.1) is 5.52 Å². The Labute approximate surface area is 94.3 Å². The number of fused-ring (bicyclic) bond motifs is 1. The van der Waals surface area contributed by atoms with Crippen molar-refractivity contribution in [2.75, 3.05) is 6.54 Å². The van der Waals surface area contributed by atoms with Crippen LogP contribution in [0.15, 0.2) is 36.5 Å². The summed E-state index contributed by atoms with van der Waals surface area (Å²) in [6, 6.07) is 9.22. The monoisotopic (exact) mass is 218 g/mol. The Kier molecular flexibility index (Phi) is 2.88. The molecule has 3 heteroatoms. The van der Waals surface area contributed by atoms with Gasteiger partial charge in [-0.3, -0.25) is 4.98 Å². The van der Waals surface area contributed by atoms with Crippen LogP contribution in [0, 0.1) is 0 Å². The van der Waals surface area contributed by atoms with Crippen molar-refractivity contribution in [1.82, 2.24) is 4.98 Å². The van der Waals surface area contributed by atoms with Crippen LogP contribution in [0.25, 0.3) is 10.9 Å². The van der Waals surface area contributed by atoms with Crippen LogP contribution in [-0.4, -0.2) is 11.5 Å². The normalized spacial score (nSPS) is 14.9. The molecule has 1 unspecified atom stereocenters. The number of pyridine rings is 1. The van der Waals surface area contributed by atoms with Gasteiger partial charge >= 0.3 is 0 Å². The third kappa shape index (κ3) is 1.78. The maximum Gasteiger partial charge on any atom is 0.147 e. The average molecular weight is 218 g/mol. The highest BCUT2D eigenvalue weighted by atomic mass is 19.1. The molecule has 0 aliphatic carbocycles. The van der Waals surface area contributed by atoms with Gasteiger partial charge in [0.2, 0.25) is 0 Å². The molecule has 0 bridgehead atoms. The van der Waals surface area contributed by atoms with Gasteiger partial charge in [-0.05, 0) is 30.2 Å². The fraction of sp³-hybridized carbons (Fsp3) is 0.308. The van der Waals surface area contributed by atoms with Crippen LogP contribution in [0.3, 0.4) is 0 Å². The smallest absolute Gasteiger partial charge is 0.147 e. The number of benzene rings is 1. The minimum atomic E-state index is -1.43. The van der Waals surface area contributed by atoms with Crippen molar-refractivity contribution in [3.8, 4) is 0 Å². The zero-order valence-corrected chi connectivity index (χ0v) is 9.28. The van der Waals surface area contributed by atoms with E-state index in [-0.39, 0.29) is 6.54 Å². The molecular formula is C13H15FN2. The van der Waals surface area contributed by atoms with Crippen molar-refractivity contribution < 1.29 is 4.39 Å². The van der Waals surface area contributed by atoms with Gasteiger partial charge in [-0.1, -0.05) is 19.1 Å². The number of halogens is 1. The third-order valence-electron chi connectivity index (χ3n) is 3.00. The molecule has 84 valence electrons. The van der Waals surface area contributed by atoms with Crippen LogP contribution < -0.4 is 5.73 Å². The van der Waals surface area contributed by atoms with E-state index in [1.165, 1.54) is 0 Å². The van der Waals surface area contributed by atoms with E-state index in [0.717, 1.165) is 10.9 Å². The summed E-state index contributed by atoms with van der Waals surface area (Å²) in [5.41, 5.74) is 5.59. The molecule has 0 spiro atoms. The third-order valence-corrected chi connectivity index (χ3v) is 3.00. The highest BCUT2D eigenvalue weighted by Gasteiger charge is 2.28.